The molecule has 0 saturated carbocycles. The van der Waals surface area contributed by atoms with E-state index >= 15 is 0 Å². The van der Waals surface area contributed by atoms with Crippen molar-refractivity contribution in [1.82, 2.24) is 0 Å². The van der Waals surface area contributed by atoms with Crippen LogP contribution in [0.5, 0.6) is 0 Å². The van der Waals surface area contributed by atoms with Crippen LogP contribution in [0, 0.1) is 0 Å². The minimum Gasteiger partial charge on any atom is -0.481 e. The van der Waals surface area contributed by atoms with Crippen molar-refractivity contribution >= 4 is 5.97 Å². The number of carboxylic acid groups (broad SMARTS) is 1. The molecule has 0 aliphatic carbocycles. The van der Waals surface area contributed by atoms with E-state index in [0.717, 1.165) is 12.8 Å². The van der Waals surface area contributed by atoms with Crippen molar-refractivity contribution in [2.24, 2.45) is 0 Å². The van der Waals surface area contributed by atoms with Crippen LogP contribution in [-0.2, 0) is 4.79 Å². The summed E-state index contributed by atoms with van der Waals surface area (Å²) in [5, 5.41) is 8.59. The Morgan fingerprint density at radius 1 is 0.500 bits per heavy atom. The first-order valence-electron chi connectivity index (χ1n) is 13.6. The standard InChI is InChI=1S/C28H54O2/c1-2-3-4-5-6-7-8-9-10-11-12-13-14-15-16-17-18-19-20-21-22-23-24-25-26-27-28(29)30/h9-10H,2-8,11-27H2,1H3,(H,29,30)/b10-9-. The number of aliphatic carboxylic acids is 1. The van der Waals surface area contributed by atoms with Gasteiger partial charge < -0.3 is 5.11 Å². The summed E-state index contributed by atoms with van der Waals surface area (Å²) in [4.78, 5) is 10.4. The van der Waals surface area contributed by atoms with Gasteiger partial charge in [-0.1, -0.05) is 135 Å². The zero-order valence-corrected chi connectivity index (χ0v) is 20.5. The minimum atomic E-state index is -0.652. The Kier molecular flexibility index (Phi) is 25.6. The van der Waals surface area contributed by atoms with Gasteiger partial charge in [-0.05, 0) is 32.1 Å². The average Bonchev–Trinajstić information content (AvgIpc) is 2.73. The van der Waals surface area contributed by atoms with Gasteiger partial charge in [0.15, 0.2) is 0 Å². The number of hydrogen-bond acceptors (Lipinski definition) is 1. The quantitative estimate of drug-likeness (QED) is 0.117. The maximum Gasteiger partial charge on any atom is 0.303 e. The van der Waals surface area contributed by atoms with Crippen molar-refractivity contribution in [2.45, 2.75) is 161 Å². The van der Waals surface area contributed by atoms with Crippen molar-refractivity contribution < 1.29 is 9.90 Å². The van der Waals surface area contributed by atoms with Gasteiger partial charge in [0.1, 0.15) is 0 Å². The second-order valence-corrected chi connectivity index (χ2v) is 9.26. The summed E-state index contributed by atoms with van der Waals surface area (Å²) >= 11 is 0. The van der Waals surface area contributed by atoms with E-state index in [1.165, 1.54) is 135 Å². The highest BCUT2D eigenvalue weighted by Crippen LogP contribution is 2.14. The van der Waals surface area contributed by atoms with E-state index in [1.54, 1.807) is 0 Å². The minimum absolute atomic E-state index is 0.344. The van der Waals surface area contributed by atoms with E-state index in [-0.39, 0.29) is 0 Å². The first kappa shape index (κ1) is 29.2. The van der Waals surface area contributed by atoms with E-state index < -0.39 is 5.97 Å². The Balaban J connectivity index is 3.06. The van der Waals surface area contributed by atoms with Crippen molar-refractivity contribution in [2.75, 3.05) is 0 Å². The van der Waals surface area contributed by atoms with Crippen molar-refractivity contribution in [3.8, 4) is 0 Å². The maximum absolute atomic E-state index is 10.4. The Hall–Kier alpha value is -0.790. The van der Waals surface area contributed by atoms with E-state index in [2.05, 4.69) is 19.1 Å². The van der Waals surface area contributed by atoms with Gasteiger partial charge in [0, 0.05) is 6.42 Å². The van der Waals surface area contributed by atoms with Gasteiger partial charge in [-0.3, -0.25) is 4.79 Å². The lowest BCUT2D eigenvalue weighted by Gasteiger charge is -2.03. The molecule has 0 aromatic carbocycles. The number of unbranched alkanes of at least 4 members (excludes halogenated alkanes) is 21. The Labute approximate surface area is 189 Å². The van der Waals surface area contributed by atoms with Crippen LogP contribution in [0.4, 0.5) is 0 Å². The molecule has 0 radical (unpaired) electrons. The Morgan fingerprint density at radius 3 is 1.13 bits per heavy atom. The van der Waals surface area contributed by atoms with Crippen LogP contribution in [0.25, 0.3) is 0 Å². The molecule has 2 nitrogen and oxygen atoms in total. The third-order valence-corrected chi connectivity index (χ3v) is 6.15. The van der Waals surface area contributed by atoms with Gasteiger partial charge in [-0.15, -0.1) is 0 Å². The maximum atomic E-state index is 10.4. The second-order valence-electron chi connectivity index (χ2n) is 9.26. The molecule has 0 heterocycles. The molecule has 0 fully saturated rings. The van der Waals surface area contributed by atoms with E-state index in [0.29, 0.717) is 6.42 Å². The topological polar surface area (TPSA) is 37.3 Å². The van der Waals surface area contributed by atoms with Crippen LogP contribution in [0.2, 0.25) is 0 Å². The zero-order valence-electron chi connectivity index (χ0n) is 20.5. The third-order valence-electron chi connectivity index (χ3n) is 6.15. The Bertz CT molecular complexity index is 362. The zero-order chi connectivity index (χ0) is 22.0. The fourth-order valence-electron chi connectivity index (χ4n) is 4.11. The van der Waals surface area contributed by atoms with Gasteiger partial charge in [0.05, 0.1) is 0 Å². The molecule has 0 unspecified atom stereocenters. The highest BCUT2D eigenvalue weighted by molar-refractivity contribution is 5.66. The predicted octanol–water partition coefficient (Wildman–Crippen LogP) is 10.0. The highest BCUT2D eigenvalue weighted by Gasteiger charge is 1.97. The van der Waals surface area contributed by atoms with E-state index in [4.69, 9.17) is 5.11 Å². The molecule has 0 aromatic rings. The summed E-state index contributed by atoms with van der Waals surface area (Å²) in [6.45, 7) is 2.28. The summed E-state index contributed by atoms with van der Waals surface area (Å²) in [6, 6.07) is 0. The van der Waals surface area contributed by atoms with Crippen LogP contribution in [0.3, 0.4) is 0 Å². The van der Waals surface area contributed by atoms with Crippen LogP contribution < -0.4 is 0 Å². The lowest BCUT2D eigenvalue weighted by molar-refractivity contribution is -0.137. The van der Waals surface area contributed by atoms with Gasteiger partial charge in [0.2, 0.25) is 0 Å². The summed E-state index contributed by atoms with van der Waals surface area (Å²) < 4.78 is 0. The first-order valence-corrected chi connectivity index (χ1v) is 13.6. The van der Waals surface area contributed by atoms with Crippen molar-refractivity contribution in [3.05, 3.63) is 12.2 Å². The molecule has 0 rings (SSSR count). The van der Waals surface area contributed by atoms with E-state index in [9.17, 15) is 4.79 Å². The van der Waals surface area contributed by atoms with Gasteiger partial charge in [-0.25, -0.2) is 0 Å². The summed E-state index contributed by atoms with van der Waals surface area (Å²) in [5.74, 6) is -0.652. The average molecular weight is 423 g/mol. The fraction of sp³-hybridized carbons (Fsp3) is 0.893. The van der Waals surface area contributed by atoms with Crippen LogP contribution in [0.15, 0.2) is 12.2 Å². The molecule has 0 saturated heterocycles. The number of allylic oxidation sites excluding steroid dienone is 2. The molecule has 0 amide bonds. The smallest absolute Gasteiger partial charge is 0.303 e. The van der Waals surface area contributed by atoms with Crippen LogP contribution in [-0.4, -0.2) is 11.1 Å². The number of carboxylic acids is 1. The van der Waals surface area contributed by atoms with Crippen molar-refractivity contribution in [3.63, 3.8) is 0 Å². The largest absolute Gasteiger partial charge is 0.481 e. The molecule has 0 aliphatic heterocycles. The first-order chi connectivity index (χ1) is 14.8. The van der Waals surface area contributed by atoms with Crippen LogP contribution >= 0.6 is 0 Å². The molecule has 0 spiro atoms. The second kappa shape index (κ2) is 26.2. The summed E-state index contributed by atoms with van der Waals surface area (Å²) in [5.41, 5.74) is 0. The molecule has 178 valence electrons. The molecule has 0 bridgehead atoms. The summed E-state index contributed by atoms with van der Waals surface area (Å²) in [6.07, 6.45) is 36.0. The van der Waals surface area contributed by atoms with Gasteiger partial charge in [0.25, 0.3) is 0 Å². The molecule has 0 aromatic heterocycles. The van der Waals surface area contributed by atoms with Crippen molar-refractivity contribution in [1.29, 1.82) is 0 Å². The normalized spacial score (nSPS) is 11.5. The van der Waals surface area contributed by atoms with E-state index in [1.807, 2.05) is 0 Å². The molecular weight excluding hydrogens is 368 g/mol. The highest BCUT2D eigenvalue weighted by atomic mass is 16.4. The molecule has 30 heavy (non-hydrogen) atoms. The summed E-state index contributed by atoms with van der Waals surface area (Å²) in [7, 11) is 0. The number of hydrogen-bond donors (Lipinski definition) is 1. The van der Waals surface area contributed by atoms with Gasteiger partial charge in [-0.2, -0.15) is 0 Å². The lowest BCUT2D eigenvalue weighted by atomic mass is 10.0. The predicted molar refractivity (Wildman–Crippen MR) is 133 cm³/mol. The molecule has 1 N–H and O–H groups in total. The fourth-order valence-corrected chi connectivity index (χ4v) is 4.11. The third kappa shape index (κ3) is 27.2. The Morgan fingerprint density at radius 2 is 0.800 bits per heavy atom. The molecule has 0 aliphatic rings. The molecular formula is C28H54O2. The van der Waals surface area contributed by atoms with Gasteiger partial charge >= 0.3 is 5.97 Å². The number of rotatable bonds is 25. The van der Waals surface area contributed by atoms with Crippen LogP contribution in [0.1, 0.15) is 161 Å². The number of carbonyl (C=O) groups is 1. The molecule has 0 atom stereocenters. The molecule has 2 heteroatoms. The SMILES string of the molecule is CCCCCCCC/C=C\CCCCCCCCCCCCCCCCCC(=O)O. The monoisotopic (exact) mass is 422 g/mol. The lowest BCUT2D eigenvalue weighted by Crippen LogP contribution is -1.93.